The van der Waals surface area contributed by atoms with Gasteiger partial charge in [-0.3, -0.25) is 0 Å². The lowest BCUT2D eigenvalue weighted by molar-refractivity contribution is 0.526. The van der Waals surface area contributed by atoms with E-state index < -0.39 is 5.82 Å². The Balaban J connectivity index is 1.84. The summed E-state index contributed by atoms with van der Waals surface area (Å²) in [7, 11) is 0. The molecule has 0 spiro atoms. The van der Waals surface area contributed by atoms with Crippen molar-refractivity contribution in [2.75, 3.05) is 5.32 Å². The minimum atomic E-state index is -0.423. The van der Waals surface area contributed by atoms with Gasteiger partial charge in [-0.25, -0.2) is 4.39 Å². The van der Waals surface area contributed by atoms with Crippen molar-refractivity contribution in [2.45, 2.75) is 13.0 Å². The van der Waals surface area contributed by atoms with E-state index in [4.69, 9.17) is 16.0 Å². The quantitative estimate of drug-likeness (QED) is 0.698. The first-order chi connectivity index (χ1) is 9.63. The second-order valence-corrected chi connectivity index (χ2v) is 5.09. The van der Waals surface area contributed by atoms with Crippen molar-refractivity contribution in [2.24, 2.45) is 0 Å². The van der Waals surface area contributed by atoms with Crippen molar-refractivity contribution in [1.82, 2.24) is 0 Å². The molecule has 0 fully saturated rings. The third kappa shape index (κ3) is 2.49. The average molecular weight is 290 g/mol. The summed E-state index contributed by atoms with van der Waals surface area (Å²) in [4.78, 5) is 0. The zero-order valence-electron chi connectivity index (χ0n) is 10.9. The second-order valence-electron chi connectivity index (χ2n) is 4.68. The van der Waals surface area contributed by atoms with Gasteiger partial charge < -0.3 is 9.73 Å². The van der Waals surface area contributed by atoms with E-state index in [1.54, 1.807) is 12.1 Å². The van der Waals surface area contributed by atoms with E-state index in [1.807, 2.05) is 37.3 Å². The molecule has 3 aromatic rings. The zero-order chi connectivity index (χ0) is 14.1. The Bertz CT molecular complexity index is 720. The molecule has 0 amide bonds. The molecule has 0 aliphatic heterocycles. The summed E-state index contributed by atoms with van der Waals surface area (Å²) in [6.45, 7) is 1.98. The maximum absolute atomic E-state index is 13.1. The Morgan fingerprint density at radius 2 is 1.95 bits per heavy atom. The molecule has 0 bridgehead atoms. The van der Waals surface area contributed by atoms with Crippen molar-refractivity contribution in [1.29, 1.82) is 0 Å². The Kier molecular flexibility index (Phi) is 3.36. The van der Waals surface area contributed by atoms with Gasteiger partial charge >= 0.3 is 0 Å². The molecule has 0 saturated carbocycles. The number of hydrogen-bond acceptors (Lipinski definition) is 2. The second kappa shape index (κ2) is 5.17. The number of para-hydroxylation sites is 1. The Morgan fingerprint density at radius 3 is 2.70 bits per heavy atom. The third-order valence-corrected chi connectivity index (χ3v) is 3.46. The molecule has 1 aromatic heterocycles. The van der Waals surface area contributed by atoms with Crippen LogP contribution in [0.25, 0.3) is 11.0 Å². The highest BCUT2D eigenvalue weighted by Crippen LogP contribution is 2.27. The third-order valence-electron chi connectivity index (χ3n) is 3.17. The summed E-state index contributed by atoms with van der Waals surface area (Å²) >= 11 is 5.77. The van der Waals surface area contributed by atoms with Crippen LogP contribution in [0, 0.1) is 5.82 Å². The van der Waals surface area contributed by atoms with Gasteiger partial charge in [-0.1, -0.05) is 29.8 Å². The van der Waals surface area contributed by atoms with E-state index in [-0.39, 0.29) is 11.1 Å². The zero-order valence-corrected chi connectivity index (χ0v) is 11.6. The van der Waals surface area contributed by atoms with Crippen LogP contribution in [0.3, 0.4) is 0 Å². The van der Waals surface area contributed by atoms with Crippen LogP contribution in [0.2, 0.25) is 5.02 Å². The van der Waals surface area contributed by atoms with Gasteiger partial charge in [0.05, 0.1) is 11.1 Å². The highest BCUT2D eigenvalue weighted by atomic mass is 35.5. The van der Waals surface area contributed by atoms with Gasteiger partial charge in [-0.05, 0) is 37.3 Å². The number of anilines is 1. The summed E-state index contributed by atoms with van der Waals surface area (Å²) in [5.74, 6) is 0.403. The predicted molar refractivity (Wildman–Crippen MR) is 79.7 cm³/mol. The lowest BCUT2D eigenvalue weighted by Crippen LogP contribution is -2.05. The van der Waals surface area contributed by atoms with Gasteiger partial charge in [0, 0.05) is 11.1 Å². The lowest BCUT2D eigenvalue weighted by Gasteiger charge is -2.13. The molecular formula is C16H13ClFNO. The van der Waals surface area contributed by atoms with Crippen molar-refractivity contribution in [3.05, 3.63) is 65.1 Å². The van der Waals surface area contributed by atoms with E-state index in [9.17, 15) is 4.39 Å². The maximum Gasteiger partial charge on any atom is 0.141 e. The maximum atomic E-state index is 13.1. The molecular weight excluding hydrogens is 277 g/mol. The summed E-state index contributed by atoms with van der Waals surface area (Å²) < 4.78 is 18.9. The number of fused-ring (bicyclic) bond motifs is 1. The molecule has 1 unspecified atom stereocenters. The molecule has 20 heavy (non-hydrogen) atoms. The molecule has 0 radical (unpaired) electrons. The van der Waals surface area contributed by atoms with Gasteiger partial charge in [0.15, 0.2) is 0 Å². The molecule has 1 N–H and O–H groups in total. The Labute approximate surface area is 121 Å². The summed E-state index contributed by atoms with van der Waals surface area (Å²) in [5.41, 5.74) is 1.61. The molecule has 3 rings (SSSR count). The molecule has 0 aliphatic carbocycles. The Hall–Kier alpha value is -2.00. The van der Waals surface area contributed by atoms with Crippen LogP contribution in [0.4, 0.5) is 10.1 Å². The Morgan fingerprint density at radius 1 is 1.15 bits per heavy atom. The van der Waals surface area contributed by atoms with E-state index in [1.165, 1.54) is 6.07 Å². The minimum Gasteiger partial charge on any atom is -0.459 e. The van der Waals surface area contributed by atoms with Gasteiger partial charge in [0.2, 0.25) is 0 Å². The van der Waals surface area contributed by atoms with Gasteiger partial charge in [-0.2, -0.15) is 0 Å². The predicted octanol–water partition coefficient (Wildman–Crippen LogP) is 5.40. The molecule has 2 aromatic carbocycles. The SMILES string of the molecule is CC(Nc1ccc(F)c(Cl)c1)c1cc2ccccc2o1. The van der Waals surface area contributed by atoms with Crippen LogP contribution >= 0.6 is 11.6 Å². The molecule has 0 saturated heterocycles. The number of hydrogen-bond donors (Lipinski definition) is 1. The number of halogens is 2. The van der Waals surface area contributed by atoms with Crippen molar-refractivity contribution in [3.8, 4) is 0 Å². The lowest BCUT2D eigenvalue weighted by atomic mass is 10.2. The summed E-state index contributed by atoms with van der Waals surface area (Å²) in [6.07, 6.45) is 0. The first-order valence-corrected chi connectivity index (χ1v) is 6.71. The van der Waals surface area contributed by atoms with Crippen LogP contribution < -0.4 is 5.32 Å². The normalized spacial score (nSPS) is 12.6. The van der Waals surface area contributed by atoms with Gasteiger partial charge in [0.25, 0.3) is 0 Å². The van der Waals surface area contributed by atoms with E-state index in [0.29, 0.717) is 0 Å². The van der Waals surface area contributed by atoms with Gasteiger partial charge in [-0.15, -0.1) is 0 Å². The molecule has 1 atom stereocenters. The van der Waals surface area contributed by atoms with Crippen LogP contribution in [0.5, 0.6) is 0 Å². The largest absolute Gasteiger partial charge is 0.459 e. The van der Waals surface area contributed by atoms with Crippen LogP contribution in [-0.4, -0.2) is 0 Å². The van der Waals surface area contributed by atoms with E-state index in [2.05, 4.69) is 5.32 Å². The number of furan rings is 1. The molecule has 1 heterocycles. The topological polar surface area (TPSA) is 25.2 Å². The first-order valence-electron chi connectivity index (χ1n) is 6.33. The van der Waals surface area contributed by atoms with Crippen molar-refractivity contribution in [3.63, 3.8) is 0 Å². The average Bonchev–Trinajstić information content (AvgIpc) is 2.87. The van der Waals surface area contributed by atoms with Crippen LogP contribution in [-0.2, 0) is 0 Å². The fraction of sp³-hybridized carbons (Fsp3) is 0.125. The molecule has 4 heteroatoms. The summed E-state index contributed by atoms with van der Waals surface area (Å²) in [6, 6.07) is 14.4. The fourth-order valence-corrected chi connectivity index (χ4v) is 2.30. The van der Waals surface area contributed by atoms with Crippen molar-refractivity contribution >= 4 is 28.3 Å². The van der Waals surface area contributed by atoms with E-state index >= 15 is 0 Å². The minimum absolute atomic E-state index is 0.0380. The monoisotopic (exact) mass is 289 g/mol. The van der Waals surface area contributed by atoms with Gasteiger partial charge in [0.1, 0.15) is 17.2 Å². The van der Waals surface area contributed by atoms with Crippen LogP contribution in [0.15, 0.2) is 52.9 Å². The summed E-state index contributed by atoms with van der Waals surface area (Å²) in [5, 5.41) is 4.41. The smallest absolute Gasteiger partial charge is 0.141 e. The highest BCUT2D eigenvalue weighted by Gasteiger charge is 2.12. The molecule has 0 aliphatic rings. The molecule has 2 nitrogen and oxygen atoms in total. The van der Waals surface area contributed by atoms with Crippen molar-refractivity contribution < 1.29 is 8.81 Å². The van der Waals surface area contributed by atoms with E-state index in [0.717, 1.165) is 22.4 Å². The highest BCUT2D eigenvalue weighted by molar-refractivity contribution is 6.31. The molecule has 102 valence electrons. The number of nitrogens with one attached hydrogen (secondary N) is 1. The first kappa shape index (κ1) is 13.0. The number of benzene rings is 2. The van der Waals surface area contributed by atoms with Crippen LogP contribution in [0.1, 0.15) is 18.7 Å². The standard InChI is InChI=1S/C16H13ClFNO/c1-10(19-12-6-7-14(18)13(17)9-12)16-8-11-4-2-3-5-15(11)20-16/h2-10,19H,1H3. The number of rotatable bonds is 3. The fourth-order valence-electron chi connectivity index (χ4n) is 2.12.